The lowest BCUT2D eigenvalue weighted by molar-refractivity contribution is 0.183. The van der Waals surface area contributed by atoms with Crippen molar-refractivity contribution in [1.29, 1.82) is 0 Å². The molecule has 0 radical (unpaired) electrons. The van der Waals surface area contributed by atoms with Gasteiger partial charge in [0.25, 0.3) is 0 Å². The lowest BCUT2D eigenvalue weighted by atomic mass is 9.99. The number of alkyl halides is 1. The number of aliphatic hydroxyl groups excluding tert-OH is 1. The minimum absolute atomic E-state index is 0.0431. The molecule has 2 nitrogen and oxygen atoms in total. The summed E-state index contributed by atoms with van der Waals surface area (Å²) in [5.74, 6) is -0.744. The summed E-state index contributed by atoms with van der Waals surface area (Å²) < 4.78 is 30.1. The Labute approximate surface area is 87.5 Å². The van der Waals surface area contributed by atoms with Crippen LogP contribution in [0.2, 0.25) is 0 Å². The van der Waals surface area contributed by atoms with Crippen LogP contribution in [0.25, 0.3) is 0 Å². The molecular weight excluding hydrogens is 202 g/mol. The van der Waals surface area contributed by atoms with E-state index in [4.69, 9.17) is 5.11 Å². The summed E-state index contributed by atoms with van der Waals surface area (Å²) in [6, 6.07) is 2.87. The number of benzene rings is 1. The first kappa shape index (κ1) is 11.9. The zero-order chi connectivity index (χ0) is 11.4. The number of halogens is 2. The van der Waals surface area contributed by atoms with E-state index in [0.717, 1.165) is 0 Å². The van der Waals surface area contributed by atoms with Gasteiger partial charge >= 0.3 is 0 Å². The molecule has 1 aromatic rings. The van der Waals surface area contributed by atoms with Crippen LogP contribution < -0.4 is 4.74 Å². The van der Waals surface area contributed by atoms with E-state index >= 15 is 0 Å². The number of rotatable bonds is 4. The van der Waals surface area contributed by atoms with Gasteiger partial charge in [0.1, 0.15) is 0 Å². The van der Waals surface area contributed by atoms with Crippen molar-refractivity contribution in [3.05, 3.63) is 29.1 Å². The van der Waals surface area contributed by atoms with Gasteiger partial charge in [-0.3, -0.25) is 0 Å². The molecule has 0 spiro atoms. The molecule has 0 aliphatic heterocycles. The molecule has 0 unspecified atom stereocenters. The van der Waals surface area contributed by atoms with Gasteiger partial charge in [-0.1, -0.05) is 19.9 Å². The van der Waals surface area contributed by atoms with Crippen LogP contribution >= 0.6 is 0 Å². The maximum absolute atomic E-state index is 13.7. The molecule has 15 heavy (non-hydrogen) atoms. The van der Waals surface area contributed by atoms with Gasteiger partial charge in [0.2, 0.25) is 6.86 Å². The Balaban J connectivity index is 3.20. The van der Waals surface area contributed by atoms with Crippen molar-refractivity contribution in [1.82, 2.24) is 0 Å². The SMILES string of the molecule is CC(C)c1cc(CO)cc(OCF)c1F. The fraction of sp³-hybridized carbons (Fsp3) is 0.455. The lowest BCUT2D eigenvalue weighted by Crippen LogP contribution is -2.01. The minimum Gasteiger partial charge on any atom is -0.460 e. The van der Waals surface area contributed by atoms with Gasteiger partial charge in [-0.2, -0.15) is 0 Å². The van der Waals surface area contributed by atoms with E-state index < -0.39 is 12.7 Å². The minimum atomic E-state index is -1.08. The van der Waals surface area contributed by atoms with Gasteiger partial charge < -0.3 is 9.84 Å². The fourth-order valence-electron chi connectivity index (χ4n) is 1.35. The molecule has 0 aromatic heterocycles. The maximum atomic E-state index is 13.7. The second-order valence-electron chi connectivity index (χ2n) is 3.56. The van der Waals surface area contributed by atoms with Gasteiger partial charge in [0, 0.05) is 0 Å². The van der Waals surface area contributed by atoms with Gasteiger partial charge in [-0.15, -0.1) is 0 Å². The largest absolute Gasteiger partial charge is 0.460 e. The third kappa shape index (κ3) is 2.65. The molecule has 4 heteroatoms. The summed E-state index contributed by atoms with van der Waals surface area (Å²) in [5, 5.41) is 8.96. The molecule has 0 saturated carbocycles. The summed E-state index contributed by atoms with van der Waals surface area (Å²) in [6.45, 7) is 2.34. The molecule has 0 fully saturated rings. The monoisotopic (exact) mass is 216 g/mol. The van der Waals surface area contributed by atoms with Crippen LogP contribution in [0.1, 0.15) is 30.9 Å². The number of aliphatic hydroxyl groups is 1. The van der Waals surface area contributed by atoms with Crippen molar-refractivity contribution in [3.8, 4) is 5.75 Å². The van der Waals surface area contributed by atoms with E-state index in [1.807, 2.05) is 13.8 Å². The smallest absolute Gasteiger partial charge is 0.228 e. The van der Waals surface area contributed by atoms with Crippen molar-refractivity contribution < 1.29 is 18.6 Å². The molecule has 84 valence electrons. The van der Waals surface area contributed by atoms with E-state index in [0.29, 0.717) is 11.1 Å². The van der Waals surface area contributed by atoms with Crippen molar-refractivity contribution in [2.24, 2.45) is 0 Å². The second-order valence-corrected chi connectivity index (χ2v) is 3.56. The van der Waals surface area contributed by atoms with Crippen LogP contribution in [0.5, 0.6) is 5.75 Å². The molecule has 1 rings (SSSR count). The highest BCUT2D eigenvalue weighted by atomic mass is 19.1. The molecular formula is C11H14F2O2. The molecule has 0 saturated heterocycles. The molecule has 0 heterocycles. The summed E-state index contributed by atoms with van der Waals surface area (Å²) >= 11 is 0. The predicted octanol–water partition coefficient (Wildman–Crippen LogP) is 2.75. The molecule has 0 aliphatic carbocycles. The standard InChI is InChI=1S/C11H14F2O2/c1-7(2)9-3-8(5-14)4-10(11(9)13)15-6-12/h3-4,7,14H,5-6H2,1-2H3. The molecule has 1 N–H and O–H groups in total. The first-order valence-electron chi connectivity index (χ1n) is 4.72. The molecule has 0 amide bonds. The highest BCUT2D eigenvalue weighted by molar-refractivity contribution is 5.37. The summed E-state index contributed by atoms with van der Waals surface area (Å²) in [4.78, 5) is 0. The number of ether oxygens (including phenoxy) is 1. The van der Waals surface area contributed by atoms with Gasteiger partial charge in [-0.05, 0) is 23.1 Å². The molecule has 1 aromatic carbocycles. The van der Waals surface area contributed by atoms with E-state index in [9.17, 15) is 8.78 Å². The third-order valence-corrected chi connectivity index (χ3v) is 2.14. The van der Waals surface area contributed by atoms with Crippen LogP contribution in [-0.4, -0.2) is 12.0 Å². The molecule has 0 bridgehead atoms. The van der Waals surface area contributed by atoms with Crippen LogP contribution in [0.4, 0.5) is 8.78 Å². The molecule has 0 atom stereocenters. The van der Waals surface area contributed by atoms with Crippen LogP contribution in [-0.2, 0) is 6.61 Å². The number of hydrogen-bond acceptors (Lipinski definition) is 2. The second kappa shape index (κ2) is 5.07. The Bertz CT molecular complexity index is 338. The normalized spacial score (nSPS) is 10.8. The van der Waals surface area contributed by atoms with E-state index in [1.165, 1.54) is 6.07 Å². The maximum Gasteiger partial charge on any atom is 0.228 e. The lowest BCUT2D eigenvalue weighted by Gasteiger charge is -2.12. The van der Waals surface area contributed by atoms with Gasteiger partial charge in [0.05, 0.1) is 6.61 Å². The third-order valence-electron chi connectivity index (χ3n) is 2.14. The number of hydrogen-bond donors (Lipinski definition) is 1. The van der Waals surface area contributed by atoms with Crippen LogP contribution in [0, 0.1) is 5.82 Å². The van der Waals surface area contributed by atoms with Crippen molar-refractivity contribution in [2.45, 2.75) is 26.4 Å². The van der Waals surface area contributed by atoms with Crippen LogP contribution in [0.15, 0.2) is 12.1 Å². The van der Waals surface area contributed by atoms with E-state index in [2.05, 4.69) is 4.74 Å². The first-order chi connectivity index (χ1) is 7.10. The fourth-order valence-corrected chi connectivity index (χ4v) is 1.35. The highest BCUT2D eigenvalue weighted by Gasteiger charge is 2.14. The molecule has 0 aliphatic rings. The zero-order valence-corrected chi connectivity index (χ0v) is 8.76. The zero-order valence-electron chi connectivity index (χ0n) is 8.76. The van der Waals surface area contributed by atoms with Crippen molar-refractivity contribution >= 4 is 0 Å². The Morgan fingerprint density at radius 3 is 2.53 bits per heavy atom. The Morgan fingerprint density at radius 1 is 1.40 bits per heavy atom. The van der Waals surface area contributed by atoms with E-state index in [1.54, 1.807) is 6.07 Å². The first-order valence-corrected chi connectivity index (χ1v) is 4.72. The Hall–Kier alpha value is -1.16. The predicted molar refractivity (Wildman–Crippen MR) is 53.0 cm³/mol. The van der Waals surface area contributed by atoms with E-state index in [-0.39, 0.29) is 18.3 Å². The Morgan fingerprint density at radius 2 is 2.07 bits per heavy atom. The van der Waals surface area contributed by atoms with Gasteiger partial charge in [-0.25, -0.2) is 8.78 Å². The summed E-state index contributed by atoms with van der Waals surface area (Å²) in [5.41, 5.74) is 0.938. The average Bonchev–Trinajstić information content (AvgIpc) is 2.21. The van der Waals surface area contributed by atoms with Crippen molar-refractivity contribution in [3.63, 3.8) is 0 Å². The highest BCUT2D eigenvalue weighted by Crippen LogP contribution is 2.28. The quantitative estimate of drug-likeness (QED) is 0.838. The topological polar surface area (TPSA) is 29.5 Å². The summed E-state index contributed by atoms with van der Waals surface area (Å²) in [7, 11) is 0. The summed E-state index contributed by atoms with van der Waals surface area (Å²) in [6.07, 6.45) is 0. The van der Waals surface area contributed by atoms with Crippen molar-refractivity contribution in [2.75, 3.05) is 6.86 Å². The average molecular weight is 216 g/mol. The van der Waals surface area contributed by atoms with Crippen LogP contribution in [0.3, 0.4) is 0 Å². The Kier molecular flexibility index (Phi) is 4.03. The van der Waals surface area contributed by atoms with Gasteiger partial charge in [0.15, 0.2) is 11.6 Å².